The summed E-state index contributed by atoms with van der Waals surface area (Å²) < 4.78 is 0. The van der Waals surface area contributed by atoms with Crippen molar-refractivity contribution in [2.75, 3.05) is 32.7 Å². The lowest BCUT2D eigenvalue weighted by Gasteiger charge is -2.58. The monoisotopic (exact) mass is 307 g/mol. The molecule has 4 rings (SSSR count). The fraction of sp³-hybridized carbons (Fsp3) is 0.944. The first-order chi connectivity index (χ1) is 10.5. The number of piperidine rings is 2. The third kappa shape index (κ3) is 3.18. The molecule has 0 radical (unpaired) electrons. The van der Waals surface area contributed by atoms with E-state index in [0.29, 0.717) is 11.9 Å². The van der Waals surface area contributed by atoms with Crippen LogP contribution in [0.25, 0.3) is 0 Å². The molecule has 2 bridgehead atoms. The highest BCUT2D eigenvalue weighted by molar-refractivity contribution is 5.78. The molecule has 2 atom stereocenters. The standard InChI is InChI=1S/C18H33N3O/c1-13(2)18(22)20-7-5-15(6-8-20)10-19-11-16-9-17(12-19)21(16)14(3)4/h13-17H,5-12H2,1-4H3. The van der Waals surface area contributed by atoms with E-state index in [1.807, 2.05) is 13.8 Å². The smallest absolute Gasteiger partial charge is 0.225 e. The van der Waals surface area contributed by atoms with Gasteiger partial charge in [-0.2, -0.15) is 0 Å². The van der Waals surface area contributed by atoms with Crippen LogP contribution in [0.1, 0.15) is 47.0 Å². The number of carbonyl (C=O) groups excluding carboxylic acids is 1. The molecule has 0 aromatic carbocycles. The Balaban J connectivity index is 1.42. The Morgan fingerprint density at radius 2 is 1.64 bits per heavy atom. The van der Waals surface area contributed by atoms with E-state index in [0.717, 1.165) is 31.1 Å². The Kier molecular flexibility index (Phi) is 4.79. The van der Waals surface area contributed by atoms with E-state index in [1.165, 1.54) is 38.9 Å². The van der Waals surface area contributed by atoms with E-state index in [2.05, 4.69) is 28.5 Å². The lowest BCUT2D eigenvalue weighted by Crippen LogP contribution is -2.70. The molecule has 126 valence electrons. The molecule has 1 amide bonds. The summed E-state index contributed by atoms with van der Waals surface area (Å²) in [4.78, 5) is 19.5. The zero-order valence-corrected chi connectivity index (χ0v) is 14.8. The van der Waals surface area contributed by atoms with Crippen LogP contribution in [0.3, 0.4) is 0 Å². The Labute approximate surface area is 135 Å². The number of piperazine rings is 1. The molecule has 4 saturated heterocycles. The van der Waals surface area contributed by atoms with Crippen LogP contribution in [-0.4, -0.2) is 71.5 Å². The van der Waals surface area contributed by atoms with Crippen molar-refractivity contribution in [3.63, 3.8) is 0 Å². The van der Waals surface area contributed by atoms with Gasteiger partial charge in [0.25, 0.3) is 0 Å². The minimum atomic E-state index is 0.146. The average Bonchev–Trinajstić information content (AvgIpc) is 2.46. The van der Waals surface area contributed by atoms with Crippen LogP contribution in [0.2, 0.25) is 0 Å². The lowest BCUT2D eigenvalue weighted by atomic mass is 9.84. The lowest BCUT2D eigenvalue weighted by molar-refractivity contribution is -0.136. The van der Waals surface area contributed by atoms with E-state index in [4.69, 9.17) is 0 Å². The number of hydrogen-bond acceptors (Lipinski definition) is 3. The van der Waals surface area contributed by atoms with Gasteiger partial charge in [-0.15, -0.1) is 0 Å². The molecule has 4 aliphatic heterocycles. The molecule has 4 heteroatoms. The molecule has 0 aromatic heterocycles. The molecule has 0 saturated carbocycles. The van der Waals surface area contributed by atoms with Crippen LogP contribution in [0.4, 0.5) is 0 Å². The molecule has 22 heavy (non-hydrogen) atoms. The maximum Gasteiger partial charge on any atom is 0.225 e. The van der Waals surface area contributed by atoms with Crippen molar-refractivity contribution in [2.24, 2.45) is 11.8 Å². The summed E-state index contributed by atoms with van der Waals surface area (Å²) in [5, 5.41) is 0. The van der Waals surface area contributed by atoms with Gasteiger partial charge in [-0.1, -0.05) is 13.8 Å². The predicted octanol–water partition coefficient (Wildman–Crippen LogP) is 2.05. The fourth-order valence-corrected chi connectivity index (χ4v) is 4.78. The molecular weight excluding hydrogens is 274 g/mol. The highest BCUT2D eigenvalue weighted by Gasteiger charge is 2.45. The van der Waals surface area contributed by atoms with E-state index in [-0.39, 0.29) is 5.92 Å². The first kappa shape index (κ1) is 16.3. The number of amides is 1. The highest BCUT2D eigenvalue weighted by atomic mass is 16.2. The number of rotatable bonds is 4. The van der Waals surface area contributed by atoms with Crippen LogP contribution >= 0.6 is 0 Å². The van der Waals surface area contributed by atoms with Crippen molar-refractivity contribution in [3.8, 4) is 0 Å². The first-order valence-electron chi connectivity index (χ1n) is 9.24. The van der Waals surface area contributed by atoms with Crippen LogP contribution in [-0.2, 0) is 4.79 Å². The van der Waals surface area contributed by atoms with E-state index in [1.54, 1.807) is 0 Å². The van der Waals surface area contributed by atoms with Crippen molar-refractivity contribution in [1.29, 1.82) is 0 Å². The van der Waals surface area contributed by atoms with Gasteiger partial charge in [-0.3, -0.25) is 14.6 Å². The van der Waals surface area contributed by atoms with E-state index in [9.17, 15) is 4.79 Å². The SMILES string of the molecule is CC(C)C(=O)N1CCC(CN2CC3CC(C2)N3C(C)C)CC1. The van der Waals surface area contributed by atoms with Crippen molar-refractivity contribution in [3.05, 3.63) is 0 Å². The van der Waals surface area contributed by atoms with E-state index < -0.39 is 0 Å². The van der Waals surface area contributed by atoms with Crippen LogP contribution in [0, 0.1) is 11.8 Å². The first-order valence-corrected chi connectivity index (χ1v) is 9.24. The van der Waals surface area contributed by atoms with Crippen molar-refractivity contribution in [1.82, 2.24) is 14.7 Å². The zero-order chi connectivity index (χ0) is 15.9. The molecule has 0 spiro atoms. The molecular formula is C18H33N3O. The molecule has 0 aromatic rings. The Hall–Kier alpha value is -0.610. The summed E-state index contributed by atoms with van der Waals surface area (Å²) in [5.41, 5.74) is 0. The molecule has 2 unspecified atom stereocenters. The van der Waals surface area contributed by atoms with Gasteiger partial charge in [-0.05, 0) is 39.0 Å². The Morgan fingerprint density at radius 3 is 2.14 bits per heavy atom. The maximum absolute atomic E-state index is 12.1. The van der Waals surface area contributed by atoms with Gasteiger partial charge in [0.15, 0.2) is 0 Å². The highest BCUT2D eigenvalue weighted by Crippen LogP contribution is 2.34. The Bertz CT molecular complexity index is 389. The minimum Gasteiger partial charge on any atom is -0.342 e. The quantitative estimate of drug-likeness (QED) is 0.795. The van der Waals surface area contributed by atoms with Crippen LogP contribution in [0.5, 0.6) is 0 Å². The Morgan fingerprint density at radius 1 is 1.05 bits per heavy atom. The second-order valence-electron chi connectivity index (χ2n) is 8.23. The van der Waals surface area contributed by atoms with Gasteiger partial charge in [0.05, 0.1) is 0 Å². The van der Waals surface area contributed by atoms with Crippen molar-refractivity contribution < 1.29 is 4.79 Å². The third-order valence-electron chi connectivity index (χ3n) is 5.86. The summed E-state index contributed by atoms with van der Waals surface area (Å²) in [6.45, 7) is 14.4. The average molecular weight is 307 g/mol. The second-order valence-corrected chi connectivity index (χ2v) is 8.23. The normalized spacial score (nSPS) is 30.9. The number of hydrogen-bond donors (Lipinski definition) is 0. The molecule has 4 aliphatic rings. The second kappa shape index (κ2) is 6.48. The van der Waals surface area contributed by atoms with Crippen LogP contribution < -0.4 is 0 Å². The van der Waals surface area contributed by atoms with Gasteiger partial charge in [0.2, 0.25) is 5.91 Å². The van der Waals surface area contributed by atoms with Crippen LogP contribution in [0.15, 0.2) is 0 Å². The fourth-order valence-electron chi connectivity index (χ4n) is 4.78. The predicted molar refractivity (Wildman–Crippen MR) is 89.8 cm³/mol. The topological polar surface area (TPSA) is 26.8 Å². The molecule has 4 fully saturated rings. The summed E-state index contributed by atoms with van der Waals surface area (Å²) >= 11 is 0. The largest absolute Gasteiger partial charge is 0.342 e. The van der Waals surface area contributed by atoms with Gasteiger partial charge in [0, 0.05) is 56.8 Å². The minimum absolute atomic E-state index is 0.146. The maximum atomic E-state index is 12.1. The summed E-state index contributed by atoms with van der Waals surface area (Å²) in [6, 6.07) is 2.32. The molecule has 0 aliphatic carbocycles. The zero-order valence-electron chi connectivity index (χ0n) is 14.8. The summed E-state index contributed by atoms with van der Waals surface area (Å²) in [6.07, 6.45) is 3.80. The van der Waals surface area contributed by atoms with Crippen molar-refractivity contribution in [2.45, 2.75) is 65.1 Å². The number of likely N-dealkylation sites (tertiary alicyclic amines) is 1. The summed E-state index contributed by atoms with van der Waals surface area (Å²) in [7, 11) is 0. The third-order valence-corrected chi connectivity index (χ3v) is 5.86. The van der Waals surface area contributed by atoms with Gasteiger partial charge >= 0.3 is 0 Å². The number of carbonyl (C=O) groups is 1. The van der Waals surface area contributed by atoms with Gasteiger partial charge in [-0.25, -0.2) is 0 Å². The van der Waals surface area contributed by atoms with E-state index >= 15 is 0 Å². The molecule has 0 N–H and O–H groups in total. The number of fused-ring (bicyclic) bond motifs is 2. The van der Waals surface area contributed by atoms with Gasteiger partial charge < -0.3 is 4.90 Å². The summed E-state index contributed by atoms with van der Waals surface area (Å²) in [5.74, 6) is 1.28. The van der Waals surface area contributed by atoms with Crippen molar-refractivity contribution >= 4 is 5.91 Å². The molecule has 4 nitrogen and oxygen atoms in total. The van der Waals surface area contributed by atoms with Gasteiger partial charge in [0.1, 0.15) is 0 Å². The number of nitrogens with zero attached hydrogens (tertiary/aromatic N) is 3. The molecule has 4 heterocycles.